The van der Waals surface area contributed by atoms with Crippen LogP contribution in [0, 0.1) is 12.3 Å². The molecule has 1 aromatic heterocycles. The van der Waals surface area contributed by atoms with Gasteiger partial charge in [0.05, 0.1) is 0 Å². The average Bonchev–Trinajstić information content (AvgIpc) is 2.56. The normalized spacial score (nSPS) is 22.4. The molecular weight excluding hydrogens is 252 g/mol. The quantitative estimate of drug-likeness (QED) is 0.910. The predicted octanol–water partition coefficient (Wildman–Crippen LogP) is 3.91. The number of fused-ring (bicyclic) bond motifs is 1. The Morgan fingerprint density at radius 2 is 2.11 bits per heavy atom. The number of nitrogens with zero attached hydrogens (tertiary/aromatic N) is 1. The van der Waals surface area contributed by atoms with Crippen LogP contribution in [0.15, 0.2) is 6.07 Å². The van der Waals surface area contributed by atoms with Gasteiger partial charge in [0.25, 0.3) is 0 Å². The van der Waals surface area contributed by atoms with E-state index < -0.39 is 0 Å². The summed E-state index contributed by atoms with van der Waals surface area (Å²) < 4.78 is 2.77. The van der Waals surface area contributed by atoms with Crippen molar-refractivity contribution in [2.45, 2.75) is 64.8 Å². The lowest BCUT2D eigenvalue weighted by atomic mass is 9.74. The first-order chi connectivity index (χ1) is 8.65. The fraction of sp³-hybridized carbons (Fsp3) is 0.750. The Morgan fingerprint density at radius 3 is 2.68 bits per heavy atom. The lowest BCUT2D eigenvalue weighted by Crippen LogP contribution is -2.32. The van der Waals surface area contributed by atoms with Crippen molar-refractivity contribution in [3.63, 3.8) is 0 Å². The summed E-state index contributed by atoms with van der Waals surface area (Å²) in [4.78, 5) is 0. The standard InChI is InChI=1S/C16H28N2S/c1-11-7-12-13(17)8-15(2,3)9-14(12)18(11)10-16(4,5)19-6/h7,13H,8-10,17H2,1-6H3. The summed E-state index contributed by atoms with van der Waals surface area (Å²) in [7, 11) is 0. The van der Waals surface area contributed by atoms with Crippen LogP contribution < -0.4 is 5.73 Å². The second-order valence-corrected chi connectivity index (χ2v) is 8.90. The summed E-state index contributed by atoms with van der Waals surface area (Å²) in [6, 6.07) is 2.52. The van der Waals surface area contributed by atoms with Crippen LogP contribution in [0.2, 0.25) is 0 Å². The van der Waals surface area contributed by atoms with Gasteiger partial charge in [-0.15, -0.1) is 0 Å². The number of nitrogens with two attached hydrogens (primary N) is 1. The Balaban J connectivity index is 2.42. The molecule has 2 nitrogen and oxygen atoms in total. The molecular formula is C16H28N2S. The van der Waals surface area contributed by atoms with Crippen molar-refractivity contribution in [3.05, 3.63) is 23.0 Å². The van der Waals surface area contributed by atoms with Crippen molar-refractivity contribution in [3.8, 4) is 0 Å². The molecule has 0 saturated carbocycles. The van der Waals surface area contributed by atoms with E-state index >= 15 is 0 Å². The van der Waals surface area contributed by atoms with Crippen LogP contribution >= 0.6 is 11.8 Å². The molecule has 1 aliphatic rings. The van der Waals surface area contributed by atoms with Gasteiger partial charge in [-0.1, -0.05) is 13.8 Å². The third-order valence-electron chi connectivity index (χ3n) is 4.36. The van der Waals surface area contributed by atoms with Crippen molar-refractivity contribution in [2.75, 3.05) is 6.26 Å². The number of aromatic nitrogens is 1. The minimum absolute atomic E-state index is 0.205. The molecule has 2 N–H and O–H groups in total. The molecule has 0 bridgehead atoms. The Bertz CT molecular complexity index is 471. The van der Waals surface area contributed by atoms with Crippen LogP contribution in [0.25, 0.3) is 0 Å². The fourth-order valence-electron chi connectivity index (χ4n) is 3.17. The Labute approximate surface area is 122 Å². The van der Waals surface area contributed by atoms with E-state index in [1.165, 1.54) is 17.0 Å². The van der Waals surface area contributed by atoms with Crippen LogP contribution in [0.5, 0.6) is 0 Å². The SMILES string of the molecule is CSC(C)(C)Cn1c(C)cc2c1CC(C)(C)CC2N. The van der Waals surface area contributed by atoms with Crippen LogP contribution in [-0.4, -0.2) is 15.6 Å². The molecule has 0 amide bonds. The lowest BCUT2D eigenvalue weighted by Gasteiger charge is -2.35. The van der Waals surface area contributed by atoms with Crippen LogP contribution in [0.4, 0.5) is 0 Å². The first-order valence-corrected chi connectivity index (χ1v) is 8.37. The van der Waals surface area contributed by atoms with Crippen molar-refractivity contribution >= 4 is 11.8 Å². The molecule has 1 aliphatic carbocycles. The van der Waals surface area contributed by atoms with E-state index in [9.17, 15) is 0 Å². The molecule has 1 aromatic rings. The zero-order chi connectivity index (χ0) is 14.4. The van der Waals surface area contributed by atoms with Gasteiger partial charge in [0.1, 0.15) is 0 Å². The van der Waals surface area contributed by atoms with Gasteiger partial charge in [-0.3, -0.25) is 0 Å². The number of aryl methyl sites for hydroxylation is 1. The van der Waals surface area contributed by atoms with Crippen LogP contribution in [0.1, 0.15) is 57.1 Å². The molecule has 2 rings (SSSR count). The first-order valence-electron chi connectivity index (χ1n) is 7.15. The number of rotatable bonds is 3. The van der Waals surface area contributed by atoms with Gasteiger partial charge in [0, 0.05) is 28.7 Å². The van der Waals surface area contributed by atoms with Crippen LogP contribution in [-0.2, 0) is 13.0 Å². The average molecular weight is 280 g/mol. The first kappa shape index (κ1) is 15.0. The van der Waals surface area contributed by atoms with Gasteiger partial charge in [0.2, 0.25) is 0 Å². The van der Waals surface area contributed by atoms with Gasteiger partial charge in [-0.25, -0.2) is 0 Å². The molecule has 0 spiro atoms. The summed E-state index contributed by atoms with van der Waals surface area (Å²) in [5.41, 5.74) is 10.9. The van der Waals surface area contributed by atoms with Crippen molar-refractivity contribution < 1.29 is 0 Å². The maximum Gasteiger partial charge on any atom is 0.0366 e. The number of hydrogen-bond acceptors (Lipinski definition) is 2. The van der Waals surface area contributed by atoms with E-state index in [0.717, 1.165) is 19.4 Å². The monoisotopic (exact) mass is 280 g/mol. The maximum atomic E-state index is 6.38. The Morgan fingerprint density at radius 1 is 1.47 bits per heavy atom. The molecule has 0 fully saturated rings. The molecule has 0 aliphatic heterocycles. The molecule has 1 heterocycles. The largest absolute Gasteiger partial charge is 0.347 e. The molecule has 0 aromatic carbocycles. The molecule has 108 valence electrons. The molecule has 0 radical (unpaired) electrons. The highest BCUT2D eigenvalue weighted by molar-refractivity contribution is 7.99. The van der Waals surface area contributed by atoms with E-state index in [1.54, 1.807) is 0 Å². The zero-order valence-corrected chi connectivity index (χ0v) is 14.0. The second kappa shape index (κ2) is 4.85. The van der Waals surface area contributed by atoms with E-state index in [1.807, 2.05) is 11.8 Å². The van der Waals surface area contributed by atoms with Gasteiger partial charge < -0.3 is 10.3 Å². The number of thioether (sulfide) groups is 1. The van der Waals surface area contributed by atoms with Crippen molar-refractivity contribution in [1.29, 1.82) is 0 Å². The van der Waals surface area contributed by atoms with Gasteiger partial charge in [-0.05, 0) is 56.9 Å². The number of hydrogen-bond donors (Lipinski definition) is 1. The van der Waals surface area contributed by atoms with Crippen LogP contribution in [0.3, 0.4) is 0 Å². The summed E-state index contributed by atoms with van der Waals surface area (Å²) in [5, 5.41) is 0. The van der Waals surface area contributed by atoms with Gasteiger partial charge in [-0.2, -0.15) is 11.8 Å². The fourth-order valence-corrected chi connectivity index (χ4v) is 3.43. The third kappa shape index (κ3) is 3.03. The molecule has 1 unspecified atom stereocenters. The van der Waals surface area contributed by atoms with E-state index in [2.05, 4.69) is 51.5 Å². The minimum atomic E-state index is 0.205. The molecule has 1 atom stereocenters. The smallest absolute Gasteiger partial charge is 0.0366 e. The van der Waals surface area contributed by atoms with Crippen molar-refractivity contribution in [2.24, 2.45) is 11.1 Å². The van der Waals surface area contributed by atoms with E-state index in [-0.39, 0.29) is 10.8 Å². The van der Waals surface area contributed by atoms with Gasteiger partial charge >= 0.3 is 0 Å². The molecule has 3 heteroatoms. The lowest BCUT2D eigenvalue weighted by molar-refractivity contribution is 0.274. The maximum absolute atomic E-state index is 6.38. The molecule has 0 saturated heterocycles. The van der Waals surface area contributed by atoms with E-state index in [4.69, 9.17) is 5.73 Å². The summed E-state index contributed by atoms with van der Waals surface area (Å²) >= 11 is 1.93. The summed E-state index contributed by atoms with van der Waals surface area (Å²) in [5.74, 6) is 0. The Kier molecular flexibility index (Phi) is 3.83. The highest BCUT2D eigenvalue weighted by atomic mass is 32.2. The summed E-state index contributed by atoms with van der Waals surface area (Å²) in [6.45, 7) is 12.6. The Hall–Kier alpha value is -0.410. The van der Waals surface area contributed by atoms with Crippen molar-refractivity contribution in [1.82, 2.24) is 4.57 Å². The topological polar surface area (TPSA) is 30.9 Å². The predicted molar refractivity (Wildman–Crippen MR) is 85.8 cm³/mol. The van der Waals surface area contributed by atoms with E-state index in [0.29, 0.717) is 5.41 Å². The van der Waals surface area contributed by atoms with Gasteiger partial charge in [0.15, 0.2) is 0 Å². The highest BCUT2D eigenvalue weighted by Gasteiger charge is 2.34. The zero-order valence-electron chi connectivity index (χ0n) is 13.2. The second-order valence-electron chi connectivity index (χ2n) is 7.39. The third-order valence-corrected chi connectivity index (χ3v) is 5.59. The minimum Gasteiger partial charge on any atom is -0.347 e. The highest BCUT2D eigenvalue weighted by Crippen LogP contribution is 2.41. The molecule has 19 heavy (non-hydrogen) atoms. The summed E-state index contributed by atoms with van der Waals surface area (Å²) in [6.07, 6.45) is 4.44.